The molecule has 0 aliphatic carbocycles. The highest BCUT2D eigenvalue weighted by Crippen LogP contribution is 2.33. The van der Waals surface area contributed by atoms with Crippen molar-refractivity contribution in [3.63, 3.8) is 0 Å². The summed E-state index contributed by atoms with van der Waals surface area (Å²) in [6.07, 6.45) is 6.40. The van der Waals surface area contributed by atoms with Crippen LogP contribution in [0, 0.1) is 17.2 Å². The van der Waals surface area contributed by atoms with Crippen LogP contribution in [0.25, 0.3) is 27.8 Å². The Morgan fingerprint density at radius 3 is 2.81 bits per heavy atom. The molecule has 0 amide bonds. The molecule has 2 aromatic heterocycles. The fourth-order valence-corrected chi connectivity index (χ4v) is 5.57. The van der Waals surface area contributed by atoms with E-state index < -0.39 is 0 Å². The van der Waals surface area contributed by atoms with E-state index in [-0.39, 0.29) is 0 Å². The molecule has 0 spiro atoms. The summed E-state index contributed by atoms with van der Waals surface area (Å²) in [6.45, 7) is 7.20. The second-order valence-corrected chi connectivity index (χ2v) is 9.53. The molecule has 31 heavy (non-hydrogen) atoms. The Morgan fingerprint density at radius 2 is 2.03 bits per heavy atom. The summed E-state index contributed by atoms with van der Waals surface area (Å²) in [7, 11) is 0. The highest BCUT2D eigenvalue weighted by Gasteiger charge is 2.21. The number of benzene rings is 2. The maximum Gasteiger partial charge on any atom is 0.174 e. The van der Waals surface area contributed by atoms with Gasteiger partial charge in [-0.2, -0.15) is 5.26 Å². The molecule has 0 radical (unpaired) electrons. The van der Waals surface area contributed by atoms with Crippen LogP contribution in [-0.4, -0.2) is 23.1 Å². The molecule has 1 aliphatic heterocycles. The minimum atomic E-state index is 0.723. The molecule has 2 aromatic carbocycles. The molecule has 1 fully saturated rings. The van der Waals surface area contributed by atoms with Gasteiger partial charge in [-0.25, -0.2) is 0 Å². The van der Waals surface area contributed by atoms with Gasteiger partial charge in [0.15, 0.2) is 5.58 Å². The lowest BCUT2D eigenvalue weighted by molar-refractivity contribution is 0.173. The van der Waals surface area contributed by atoms with Crippen molar-refractivity contribution in [3.8, 4) is 6.07 Å². The van der Waals surface area contributed by atoms with Gasteiger partial charge in [-0.3, -0.25) is 4.90 Å². The highest BCUT2D eigenvalue weighted by atomic mass is 32.1. The lowest BCUT2D eigenvalue weighted by Crippen LogP contribution is -2.33. The Hall–Kier alpha value is -2.94. The van der Waals surface area contributed by atoms with E-state index in [0.29, 0.717) is 0 Å². The Kier molecular flexibility index (Phi) is 5.59. The van der Waals surface area contributed by atoms with Crippen LogP contribution in [-0.2, 0) is 13.0 Å². The number of thiophene rings is 1. The summed E-state index contributed by atoms with van der Waals surface area (Å²) in [4.78, 5) is 4.60. The fraction of sp³-hybridized carbons (Fsp3) is 0.308. The van der Waals surface area contributed by atoms with Crippen LogP contribution in [0.5, 0.6) is 0 Å². The van der Waals surface area contributed by atoms with Gasteiger partial charge in [0, 0.05) is 22.4 Å². The quantitative estimate of drug-likeness (QED) is 0.357. The smallest absolute Gasteiger partial charge is 0.174 e. The van der Waals surface area contributed by atoms with E-state index in [4.69, 9.17) is 9.78 Å². The first-order chi connectivity index (χ1) is 15.2. The predicted molar refractivity (Wildman–Crippen MR) is 127 cm³/mol. The Bertz CT molecular complexity index is 1270. The molecule has 4 nitrogen and oxygen atoms in total. The van der Waals surface area contributed by atoms with Crippen molar-refractivity contribution in [2.45, 2.75) is 32.2 Å². The zero-order valence-corrected chi connectivity index (χ0v) is 18.3. The van der Waals surface area contributed by atoms with Crippen LogP contribution in [0.15, 0.2) is 53.6 Å². The Balaban J connectivity index is 1.23. The largest absolute Gasteiger partial charge is 0.355 e. The summed E-state index contributed by atoms with van der Waals surface area (Å²) < 4.78 is 5.76. The first-order valence-corrected chi connectivity index (χ1v) is 11.7. The van der Waals surface area contributed by atoms with Crippen molar-refractivity contribution < 1.29 is 4.52 Å². The molecule has 5 rings (SSSR count). The average molecular weight is 428 g/mol. The van der Waals surface area contributed by atoms with Crippen molar-refractivity contribution in [2.24, 2.45) is 5.92 Å². The molecule has 0 N–H and O–H groups in total. The lowest BCUT2D eigenvalue weighted by atomic mass is 9.90. The van der Waals surface area contributed by atoms with Gasteiger partial charge in [0.2, 0.25) is 0 Å². The van der Waals surface area contributed by atoms with Crippen molar-refractivity contribution in [2.75, 3.05) is 13.1 Å². The second-order valence-electron chi connectivity index (χ2n) is 8.36. The molecule has 0 unspecified atom stereocenters. The molecule has 5 heteroatoms. The number of fused-ring (bicyclic) bond motifs is 2. The molecule has 3 heterocycles. The van der Waals surface area contributed by atoms with Gasteiger partial charge in [0.05, 0.1) is 5.69 Å². The summed E-state index contributed by atoms with van der Waals surface area (Å²) in [6, 6.07) is 16.8. The third kappa shape index (κ3) is 4.01. The number of piperidine rings is 1. The van der Waals surface area contributed by atoms with Crippen LogP contribution in [0.4, 0.5) is 0 Å². The Morgan fingerprint density at radius 1 is 1.19 bits per heavy atom. The van der Waals surface area contributed by atoms with Gasteiger partial charge in [0.25, 0.3) is 0 Å². The minimum absolute atomic E-state index is 0.723. The molecule has 4 aromatic rings. The average Bonchev–Trinajstić information content (AvgIpc) is 3.43. The van der Waals surface area contributed by atoms with E-state index in [0.717, 1.165) is 70.9 Å². The number of rotatable bonds is 6. The monoisotopic (exact) mass is 427 g/mol. The number of hydrogen-bond acceptors (Lipinski definition) is 5. The van der Waals surface area contributed by atoms with E-state index in [9.17, 15) is 0 Å². The summed E-state index contributed by atoms with van der Waals surface area (Å²) >= 11 is 1.61. The third-order valence-corrected chi connectivity index (χ3v) is 7.42. The molecule has 156 valence electrons. The Labute approximate surface area is 186 Å². The summed E-state index contributed by atoms with van der Waals surface area (Å²) in [5.41, 5.74) is 2.95. The molecule has 0 atom stereocenters. The number of likely N-dealkylation sites (tertiary alicyclic amines) is 1. The number of nitrogens with zero attached hydrogens (tertiary/aromatic N) is 3. The van der Waals surface area contributed by atoms with Gasteiger partial charge in [-0.15, -0.1) is 11.3 Å². The number of aromatic nitrogens is 1. The third-order valence-electron chi connectivity index (χ3n) is 6.45. The zero-order valence-electron chi connectivity index (χ0n) is 17.5. The first kappa shape index (κ1) is 20.0. The summed E-state index contributed by atoms with van der Waals surface area (Å²) in [5, 5.41) is 16.9. The molecule has 1 aliphatic rings. The van der Waals surface area contributed by atoms with Crippen LogP contribution in [0.2, 0.25) is 0 Å². The summed E-state index contributed by atoms with van der Waals surface area (Å²) in [5.74, 6) is 0.723. The van der Waals surface area contributed by atoms with Crippen LogP contribution < -0.4 is 0 Å². The fourth-order valence-electron chi connectivity index (χ4n) is 4.72. The molecular formula is C26H25N3OS. The van der Waals surface area contributed by atoms with Gasteiger partial charge < -0.3 is 4.52 Å². The second kappa shape index (κ2) is 8.66. The predicted octanol–water partition coefficient (Wildman–Crippen LogP) is 6.40. The van der Waals surface area contributed by atoms with E-state index in [1.807, 2.05) is 18.2 Å². The number of nitriles is 1. The number of hydrogen-bond donors (Lipinski definition) is 0. The van der Waals surface area contributed by atoms with Crippen molar-refractivity contribution in [1.29, 1.82) is 5.26 Å². The van der Waals surface area contributed by atoms with Crippen LogP contribution in [0.3, 0.4) is 0 Å². The van der Waals surface area contributed by atoms with E-state index in [1.165, 1.54) is 23.1 Å². The molecule has 1 saturated heterocycles. The highest BCUT2D eigenvalue weighted by molar-refractivity contribution is 7.12. The van der Waals surface area contributed by atoms with Crippen molar-refractivity contribution >= 4 is 39.2 Å². The SMILES string of the molecule is C=Cc1c2ccccc2cc2c(CCC3CCN(Cc4ccc(C#N)s4)CC3)noc12. The topological polar surface area (TPSA) is 53.1 Å². The maximum atomic E-state index is 9.01. The van der Waals surface area contributed by atoms with Gasteiger partial charge in [0.1, 0.15) is 10.9 Å². The van der Waals surface area contributed by atoms with E-state index in [2.05, 4.69) is 53.0 Å². The van der Waals surface area contributed by atoms with E-state index >= 15 is 0 Å². The maximum absolute atomic E-state index is 9.01. The minimum Gasteiger partial charge on any atom is -0.355 e. The zero-order chi connectivity index (χ0) is 21.2. The standard InChI is InChI=1S/C26H25N3OS/c1-2-22-23-6-4-3-5-19(23)15-24-25(28-30-26(22)24)10-7-18-11-13-29(14-12-18)17-21-9-8-20(16-27)31-21/h2-6,8-9,15,18H,1,7,10-14,17H2. The van der Waals surface area contributed by atoms with Crippen LogP contribution >= 0.6 is 11.3 Å². The molecule has 0 saturated carbocycles. The van der Waals surface area contributed by atoms with Crippen molar-refractivity contribution in [1.82, 2.24) is 10.1 Å². The van der Waals surface area contributed by atoms with Gasteiger partial charge >= 0.3 is 0 Å². The van der Waals surface area contributed by atoms with Gasteiger partial charge in [-0.05, 0) is 73.7 Å². The first-order valence-electron chi connectivity index (χ1n) is 10.9. The van der Waals surface area contributed by atoms with Gasteiger partial charge in [-0.1, -0.05) is 42.1 Å². The molecular weight excluding hydrogens is 402 g/mol. The molecule has 0 bridgehead atoms. The number of aryl methyl sites for hydroxylation is 1. The van der Waals surface area contributed by atoms with Crippen LogP contribution in [0.1, 0.15) is 40.3 Å². The normalized spacial score (nSPS) is 15.5. The van der Waals surface area contributed by atoms with Crippen molar-refractivity contribution in [3.05, 3.63) is 70.1 Å². The lowest BCUT2D eigenvalue weighted by Gasteiger charge is -2.31. The van der Waals surface area contributed by atoms with E-state index in [1.54, 1.807) is 11.3 Å².